The Morgan fingerprint density at radius 1 is 0.792 bits per heavy atom. The summed E-state index contributed by atoms with van der Waals surface area (Å²) in [7, 11) is 0. The molecule has 5 aliphatic rings. The molecule has 0 spiro atoms. The van der Waals surface area contributed by atoms with Crippen LogP contribution in [0.25, 0.3) is 0 Å². The molecule has 4 saturated carbocycles. The third-order valence-corrected chi connectivity index (χ3v) is 15.8. The molecule has 2 aromatic rings. The monoisotopic (exact) mass is 651 g/mol. The maximum atomic E-state index is 14.2. The van der Waals surface area contributed by atoms with Gasteiger partial charge in [-0.1, -0.05) is 114 Å². The highest BCUT2D eigenvalue weighted by atomic mass is 16.5. The number of carbonyl (C=O) groups is 1. The van der Waals surface area contributed by atoms with E-state index < -0.39 is 11.5 Å². The molecule has 48 heavy (non-hydrogen) atoms. The average molecular weight is 652 g/mol. The fourth-order valence-corrected chi connectivity index (χ4v) is 12.6. The first kappa shape index (κ1) is 34.0. The van der Waals surface area contributed by atoms with Crippen molar-refractivity contribution in [3.63, 3.8) is 0 Å². The van der Waals surface area contributed by atoms with Crippen LogP contribution in [0.1, 0.15) is 117 Å². The van der Waals surface area contributed by atoms with Gasteiger partial charge in [-0.2, -0.15) is 0 Å². The van der Waals surface area contributed by atoms with E-state index in [2.05, 4.69) is 102 Å². The summed E-state index contributed by atoms with van der Waals surface area (Å²) in [4.78, 5) is 14.2. The summed E-state index contributed by atoms with van der Waals surface area (Å²) in [5.41, 5.74) is 3.89. The molecule has 0 heterocycles. The topological polar surface area (TPSA) is 58.6 Å². The van der Waals surface area contributed by atoms with Crippen LogP contribution in [0.3, 0.4) is 0 Å². The number of aliphatic hydroxyl groups is 1. The van der Waals surface area contributed by atoms with Crippen molar-refractivity contribution in [1.29, 1.82) is 0 Å². The Hall–Kier alpha value is -2.43. The summed E-state index contributed by atoms with van der Waals surface area (Å²) in [6.07, 6.45) is 11.9. The number of carbonyl (C=O) groups excluding carboxylic acids is 1. The highest BCUT2D eigenvalue weighted by molar-refractivity contribution is 5.83. The third kappa shape index (κ3) is 5.09. The molecule has 0 aliphatic heterocycles. The molecule has 2 unspecified atom stereocenters. The van der Waals surface area contributed by atoms with Crippen molar-refractivity contribution in [2.75, 3.05) is 0 Å². The number of hydrogen-bond donors (Lipinski definition) is 2. The van der Waals surface area contributed by atoms with Crippen molar-refractivity contribution >= 4 is 5.91 Å². The van der Waals surface area contributed by atoms with Crippen LogP contribution >= 0.6 is 0 Å². The maximum absolute atomic E-state index is 14.2. The Labute approximate surface area is 290 Å². The summed E-state index contributed by atoms with van der Waals surface area (Å²) >= 11 is 0. The summed E-state index contributed by atoms with van der Waals surface area (Å²) in [5, 5.41) is 14.9. The number of aliphatic hydroxyl groups excluding tert-OH is 1. The van der Waals surface area contributed by atoms with Crippen LogP contribution in [0, 0.1) is 50.2 Å². The molecule has 1 amide bonds. The largest absolute Gasteiger partial charge is 0.392 e. The zero-order chi connectivity index (χ0) is 34.2. The number of nitrogens with one attached hydrogen (secondary N) is 1. The van der Waals surface area contributed by atoms with Crippen molar-refractivity contribution in [1.82, 2.24) is 5.32 Å². The molecule has 0 bridgehead atoms. The molecule has 10 atom stereocenters. The fraction of sp³-hybridized carbons (Fsp3) is 0.659. The minimum Gasteiger partial charge on any atom is -0.392 e. The van der Waals surface area contributed by atoms with E-state index in [0.717, 1.165) is 37.7 Å². The van der Waals surface area contributed by atoms with E-state index in [1.54, 1.807) is 5.57 Å². The zero-order valence-electron chi connectivity index (χ0n) is 30.8. The Balaban J connectivity index is 1.18. The highest BCUT2D eigenvalue weighted by Gasteiger charge is 2.70. The van der Waals surface area contributed by atoms with Gasteiger partial charge in [-0.3, -0.25) is 4.79 Å². The first-order chi connectivity index (χ1) is 22.7. The normalized spacial score (nSPS) is 43.1. The number of ether oxygens (including phenoxy) is 1. The summed E-state index contributed by atoms with van der Waals surface area (Å²) in [6.45, 7) is 18.5. The number of fused-ring (bicyclic) bond motifs is 7. The molecule has 4 heteroatoms. The lowest BCUT2D eigenvalue weighted by atomic mass is 9.33. The lowest BCUT2D eigenvalue weighted by Gasteiger charge is -2.71. The van der Waals surface area contributed by atoms with Gasteiger partial charge in [0.1, 0.15) is 0 Å². The van der Waals surface area contributed by atoms with E-state index in [1.807, 2.05) is 18.2 Å². The first-order valence-electron chi connectivity index (χ1n) is 19.0. The number of hydrogen-bond acceptors (Lipinski definition) is 3. The van der Waals surface area contributed by atoms with Gasteiger partial charge in [-0.05, 0) is 115 Å². The number of amides is 1. The van der Waals surface area contributed by atoms with Crippen molar-refractivity contribution in [3.05, 3.63) is 83.4 Å². The molecule has 4 nitrogen and oxygen atoms in total. The second-order valence-corrected chi connectivity index (χ2v) is 18.7. The van der Waals surface area contributed by atoms with Gasteiger partial charge in [-0.15, -0.1) is 0 Å². The minimum atomic E-state index is -0.796. The molecular weight excluding hydrogens is 590 g/mol. The van der Waals surface area contributed by atoms with E-state index in [9.17, 15) is 9.90 Å². The van der Waals surface area contributed by atoms with Gasteiger partial charge in [0.05, 0.1) is 24.2 Å². The molecule has 2 N–H and O–H groups in total. The molecule has 7 rings (SSSR count). The van der Waals surface area contributed by atoms with Crippen LogP contribution in [0.15, 0.2) is 72.3 Å². The number of benzene rings is 2. The van der Waals surface area contributed by atoms with Crippen LogP contribution in [-0.2, 0) is 22.7 Å². The van der Waals surface area contributed by atoms with Crippen LogP contribution < -0.4 is 5.32 Å². The second-order valence-electron chi connectivity index (χ2n) is 18.7. The van der Waals surface area contributed by atoms with Crippen molar-refractivity contribution in [2.45, 2.75) is 132 Å². The van der Waals surface area contributed by atoms with Gasteiger partial charge in [0.25, 0.3) is 0 Å². The quantitative estimate of drug-likeness (QED) is 0.306. The van der Waals surface area contributed by atoms with Crippen molar-refractivity contribution in [2.24, 2.45) is 50.2 Å². The first-order valence-corrected chi connectivity index (χ1v) is 19.0. The lowest BCUT2D eigenvalue weighted by molar-refractivity contribution is -0.214. The summed E-state index contributed by atoms with van der Waals surface area (Å²) < 4.78 is 6.92. The molecule has 0 aromatic heterocycles. The van der Waals surface area contributed by atoms with Crippen molar-refractivity contribution in [3.8, 4) is 0 Å². The Bertz CT molecular complexity index is 1530. The SMILES string of the molecule is CC1(C)C[C@@H](OCc2ccccc2)[C@]2(C)CC[C@]3(C)C(=CCC4[C@@]5(C)CC[C@H](O)[C@](C)(C(=O)NCc6ccccc6)C5CC[C@]43C)[C@@H]2C1. The molecule has 0 radical (unpaired) electrons. The van der Waals surface area contributed by atoms with E-state index in [-0.39, 0.29) is 45.0 Å². The smallest absolute Gasteiger partial charge is 0.229 e. The van der Waals surface area contributed by atoms with Gasteiger partial charge < -0.3 is 15.2 Å². The van der Waals surface area contributed by atoms with Gasteiger partial charge in [0, 0.05) is 12.0 Å². The van der Waals surface area contributed by atoms with E-state index in [4.69, 9.17) is 4.74 Å². The standard InChI is InChI=1S/C44H61NO3/c1-39(2)26-33-32-18-19-34-41(4)22-21-36(46)44(7,38(47)45-28-30-14-10-8-11-15-30)35(41)20-23-43(34,6)42(32,5)25-24-40(33,3)37(27-39)48-29-31-16-12-9-13-17-31/h8-18,33-37,46H,19-29H2,1-7H3,(H,45,47)/t33-,34?,35?,36-,37+,40+,41+,42+,43+,44+/m0/s1. The highest BCUT2D eigenvalue weighted by Crippen LogP contribution is 2.76. The number of allylic oxidation sites excluding steroid dienone is 2. The van der Waals surface area contributed by atoms with Crippen LogP contribution in [-0.4, -0.2) is 23.2 Å². The predicted molar refractivity (Wildman–Crippen MR) is 194 cm³/mol. The molecule has 5 aliphatic carbocycles. The fourth-order valence-electron chi connectivity index (χ4n) is 12.6. The molecule has 2 aromatic carbocycles. The average Bonchev–Trinajstić information content (AvgIpc) is 3.06. The lowest BCUT2D eigenvalue weighted by Crippen LogP contribution is -2.67. The predicted octanol–water partition coefficient (Wildman–Crippen LogP) is 9.66. The van der Waals surface area contributed by atoms with Crippen LogP contribution in [0.5, 0.6) is 0 Å². The van der Waals surface area contributed by atoms with Crippen LogP contribution in [0.4, 0.5) is 0 Å². The molecule has 0 saturated heterocycles. The van der Waals surface area contributed by atoms with E-state index in [0.29, 0.717) is 31.4 Å². The van der Waals surface area contributed by atoms with E-state index >= 15 is 0 Å². The third-order valence-electron chi connectivity index (χ3n) is 15.8. The number of rotatable bonds is 6. The van der Waals surface area contributed by atoms with Gasteiger partial charge in [0.2, 0.25) is 5.91 Å². The Morgan fingerprint density at radius 2 is 1.46 bits per heavy atom. The van der Waals surface area contributed by atoms with Crippen LogP contribution in [0.2, 0.25) is 0 Å². The minimum absolute atomic E-state index is 0.00990. The molecule has 4 fully saturated rings. The molecular formula is C44H61NO3. The van der Waals surface area contributed by atoms with Gasteiger partial charge >= 0.3 is 0 Å². The zero-order valence-corrected chi connectivity index (χ0v) is 30.8. The molecule has 260 valence electrons. The van der Waals surface area contributed by atoms with Gasteiger partial charge in [0.15, 0.2) is 0 Å². The van der Waals surface area contributed by atoms with Crippen molar-refractivity contribution < 1.29 is 14.6 Å². The summed E-state index contributed by atoms with van der Waals surface area (Å²) in [6, 6.07) is 20.9. The summed E-state index contributed by atoms with van der Waals surface area (Å²) in [5.74, 6) is 1.18. The Morgan fingerprint density at radius 3 is 2.15 bits per heavy atom. The second kappa shape index (κ2) is 11.8. The van der Waals surface area contributed by atoms with E-state index in [1.165, 1.54) is 24.8 Å². The maximum Gasteiger partial charge on any atom is 0.229 e. The van der Waals surface area contributed by atoms with Gasteiger partial charge in [-0.25, -0.2) is 0 Å². The Kier molecular flexibility index (Phi) is 8.39.